The van der Waals surface area contributed by atoms with Crippen LogP contribution in [-0.2, 0) is 6.42 Å². The van der Waals surface area contributed by atoms with Crippen molar-refractivity contribution in [1.29, 1.82) is 0 Å². The molecule has 2 nitrogen and oxygen atoms in total. The van der Waals surface area contributed by atoms with E-state index >= 15 is 0 Å². The first kappa shape index (κ1) is 37.3. The Morgan fingerprint density at radius 3 is 1.89 bits per heavy atom. The normalized spacial score (nSPS) is 11.6. The van der Waals surface area contributed by atoms with Crippen LogP contribution in [0.5, 0.6) is 0 Å². The number of allylic oxidation sites excluding steroid dienone is 4. The van der Waals surface area contributed by atoms with Crippen LogP contribution < -0.4 is 4.90 Å². The van der Waals surface area contributed by atoms with E-state index in [0.717, 1.165) is 29.0 Å². The second-order valence-electron chi connectivity index (χ2n) is 15.4. The summed E-state index contributed by atoms with van der Waals surface area (Å²) in [6, 6.07) is 77.1. The fraction of sp³-hybridized carbons (Fsp3) is 0.0169. The number of benzene rings is 9. The van der Waals surface area contributed by atoms with Gasteiger partial charge in [0.25, 0.3) is 0 Å². The Morgan fingerprint density at radius 2 is 1.11 bits per heavy atom. The maximum Gasteiger partial charge on any atom is 0.0619 e. The molecule has 0 aliphatic rings. The van der Waals surface area contributed by atoms with E-state index in [1.165, 1.54) is 71.6 Å². The van der Waals surface area contributed by atoms with Crippen molar-refractivity contribution in [1.82, 2.24) is 4.57 Å². The summed E-state index contributed by atoms with van der Waals surface area (Å²) < 4.78 is 2.45. The molecule has 0 aliphatic heterocycles. The van der Waals surface area contributed by atoms with Gasteiger partial charge in [0.2, 0.25) is 0 Å². The number of hydrogen-bond donors (Lipinski definition) is 0. The van der Waals surface area contributed by atoms with E-state index in [1.54, 1.807) is 6.08 Å². The largest absolute Gasteiger partial charge is 0.310 e. The Hall–Kier alpha value is -7.94. The van der Waals surface area contributed by atoms with Crippen LogP contribution in [0, 0.1) is 0 Å². The number of anilines is 3. The smallest absolute Gasteiger partial charge is 0.0619 e. The van der Waals surface area contributed by atoms with Gasteiger partial charge in [-0.25, -0.2) is 0 Å². The summed E-state index contributed by atoms with van der Waals surface area (Å²) >= 11 is 0. The topological polar surface area (TPSA) is 8.17 Å². The first-order chi connectivity index (χ1) is 30.2. The zero-order valence-corrected chi connectivity index (χ0v) is 33.9. The lowest BCUT2D eigenvalue weighted by molar-refractivity contribution is 1.17. The second-order valence-corrected chi connectivity index (χ2v) is 15.4. The van der Waals surface area contributed by atoms with Crippen LogP contribution in [0.15, 0.2) is 243 Å². The van der Waals surface area contributed by atoms with Crippen molar-refractivity contribution in [2.24, 2.45) is 0 Å². The molecule has 0 aliphatic carbocycles. The molecule has 0 N–H and O–H groups in total. The molecule has 0 unspecified atom stereocenters. The van der Waals surface area contributed by atoms with Gasteiger partial charge in [0.1, 0.15) is 0 Å². The summed E-state index contributed by atoms with van der Waals surface area (Å²) in [6.07, 6.45) is 10.7. The summed E-state index contributed by atoms with van der Waals surface area (Å²) in [6.45, 7) is 3.78. The third kappa shape index (κ3) is 7.48. The minimum Gasteiger partial charge on any atom is -0.310 e. The van der Waals surface area contributed by atoms with Crippen LogP contribution in [0.2, 0.25) is 0 Å². The number of rotatable bonds is 11. The van der Waals surface area contributed by atoms with E-state index in [0.29, 0.717) is 0 Å². The van der Waals surface area contributed by atoms with Gasteiger partial charge in [-0.1, -0.05) is 189 Å². The van der Waals surface area contributed by atoms with Crippen molar-refractivity contribution in [3.05, 3.63) is 260 Å². The van der Waals surface area contributed by atoms with Crippen molar-refractivity contribution >= 4 is 55.7 Å². The predicted molar refractivity (Wildman–Crippen MR) is 261 cm³/mol. The first-order valence-electron chi connectivity index (χ1n) is 20.9. The Morgan fingerprint density at radius 1 is 0.459 bits per heavy atom. The fourth-order valence-corrected chi connectivity index (χ4v) is 8.72. The van der Waals surface area contributed by atoms with Crippen LogP contribution >= 0.6 is 0 Å². The molecule has 10 aromatic rings. The molecule has 0 atom stereocenters. The van der Waals surface area contributed by atoms with Gasteiger partial charge >= 0.3 is 0 Å². The molecule has 0 bridgehead atoms. The zero-order valence-electron chi connectivity index (χ0n) is 33.9. The quantitative estimate of drug-likeness (QED) is 0.119. The minimum atomic E-state index is 0.790. The maximum absolute atomic E-state index is 3.78. The third-order valence-corrected chi connectivity index (χ3v) is 11.6. The Bertz CT molecular complexity index is 3210. The zero-order chi connectivity index (χ0) is 41.0. The van der Waals surface area contributed by atoms with E-state index < -0.39 is 0 Å². The van der Waals surface area contributed by atoms with E-state index in [4.69, 9.17) is 0 Å². The molecule has 1 aromatic heterocycles. The second kappa shape index (κ2) is 16.7. The standard InChI is InChI=1S/C59H44N2/c1-2-3-4-7-17-43-30-35-52(36-31-43)60(53-37-32-46(33-38-53)49-23-15-22-48(42-49)45-19-8-5-9-20-45)54-27-14-18-44(41-54)40-50-24-16-29-57-58(50)56-39-34-47-21-12-13-28-55(47)59(56)61(57)51-25-10-6-11-26-51/h2-39,41-42H,1,40H2/b4-3-,17-7+. The molecular formula is C59H44N2. The molecule has 0 fully saturated rings. The van der Waals surface area contributed by atoms with Crippen LogP contribution in [0.1, 0.15) is 16.7 Å². The summed E-state index contributed by atoms with van der Waals surface area (Å²) in [7, 11) is 0. The summed E-state index contributed by atoms with van der Waals surface area (Å²) in [5.41, 5.74) is 15.4. The Kier molecular flexibility index (Phi) is 10.2. The van der Waals surface area contributed by atoms with Gasteiger partial charge in [0.15, 0.2) is 0 Å². The molecule has 0 saturated carbocycles. The highest BCUT2D eigenvalue weighted by molar-refractivity contribution is 6.19. The predicted octanol–water partition coefficient (Wildman–Crippen LogP) is 16.1. The number of aromatic nitrogens is 1. The Labute approximate surface area is 357 Å². The molecule has 290 valence electrons. The molecule has 9 aromatic carbocycles. The van der Waals surface area contributed by atoms with E-state index in [-0.39, 0.29) is 0 Å². The summed E-state index contributed by atoms with van der Waals surface area (Å²) in [5, 5.41) is 5.07. The van der Waals surface area contributed by atoms with Crippen LogP contribution in [-0.4, -0.2) is 4.57 Å². The van der Waals surface area contributed by atoms with E-state index in [2.05, 4.69) is 234 Å². The van der Waals surface area contributed by atoms with Crippen molar-refractivity contribution < 1.29 is 0 Å². The first-order valence-corrected chi connectivity index (χ1v) is 20.9. The van der Waals surface area contributed by atoms with Crippen molar-refractivity contribution in [3.8, 4) is 27.9 Å². The fourth-order valence-electron chi connectivity index (χ4n) is 8.72. The summed E-state index contributed by atoms with van der Waals surface area (Å²) in [5.74, 6) is 0. The SMILES string of the molecule is C=C/C=C\C=C\c1ccc(N(c2ccc(-c3cccc(-c4ccccc4)c3)cc2)c2cccc(Cc3cccc4c3c3ccc5ccccc5c3n4-c3ccccc3)c2)cc1. The highest BCUT2D eigenvalue weighted by Crippen LogP contribution is 2.40. The number of fused-ring (bicyclic) bond motifs is 5. The lowest BCUT2D eigenvalue weighted by Crippen LogP contribution is -2.10. The molecule has 1 heterocycles. The van der Waals surface area contributed by atoms with Gasteiger partial charge in [-0.2, -0.15) is 0 Å². The Balaban J connectivity index is 1.05. The molecule has 2 heteroatoms. The monoisotopic (exact) mass is 780 g/mol. The molecule has 10 rings (SSSR count). The van der Waals surface area contributed by atoms with Crippen LogP contribution in [0.4, 0.5) is 17.1 Å². The van der Waals surface area contributed by atoms with Gasteiger partial charge < -0.3 is 9.47 Å². The maximum atomic E-state index is 3.78. The van der Waals surface area contributed by atoms with Gasteiger partial charge in [-0.15, -0.1) is 0 Å². The van der Waals surface area contributed by atoms with E-state index in [1.807, 2.05) is 18.2 Å². The van der Waals surface area contributed by atoms with Gasteiger partial charge in [0.05, 0.1) is 11.0 Å². The van der Waals surface area contributed by atoms with E-state index in [9.17, 15) is 0 Å². The van der Waals surface area contributed by atoms with Crippen molar-refractivity contribution in [2.75, 3.05) is 4.90 Å². The molecule has 0 saturated heterocycles. The molecule has 0 amide bonds. The number of hydrogen-bond acceptors (Lipinski definition) is 1. The van der Waals surface area contributed by atoms with Gasteiger partial charge in [-0.3, -0.25) is 0 Å². The highest BCUT2D eigenvalue weighted by atomic mass is 15.1. The third-order valence-electron chi connectivity index (χ3n) is 11.6. The number of nitrogens with zero attached hydrogens (tertiary/aromatic N) is 2. The lowest BCUT2D eigenvalue weighted by Gasteiger charge is -2.26. The lowest BCUT2D eigenvalue weighted by atomic mass is 9.97. The molecular weight excluding hydrogens is 737 g/mol. The van der Waals surface area contributed by atoms with Crippen LogP contribution in [0.3, 0.4) is 0 Å². The summed E-state index contributed by atoms with van der Waals surface area (Å²) in [4.78, 5) is 2.37. The van der Waals surface area contributed by atoms with Crippen molar-refractivity contribution in [3.63, 3.8) is 0 Å². The van der Waals surface area contributed by atoms with Crippen molar-refractivity contribution in [2.45, 2.75) is 6.42 Å². The molecule has 61 heavy (non-hydrogen) atoms. The average molecular weight is 781 g/mol. The molecule has 0 radical (unpaired) electrons. The highest BCUT2D eigenvalue weighted by Gasteiger charge is 2.19. The number of para-hydroxylation sites is 1. The minimum absolute atomic E-state index is 0.790. The van der Waals surface area contributed by atoms with Gasteiger partial charge in [0, 0.05) is 38.9 Å². The van der Waals surface area contributed by atoms with Crippen LogP contribution in [0.25, 0.3) is 66.6 Å². The molecule has 0 spiro atoms. The average Bonchev–Trinajstić information content (AvgIpc) is 3.68. The van der Waals surface area contributed by atoms with Gasteiger partial charge in [-0.05, 0) is 111 Å².